The molecule has 2 N–H and O–H groups in total. The van der Waals surface area contributed by atoms with E-state index >= 15 is 0 Å². The van der Waals surface area contributed by atoms with Crippen molar-refractivity contribution in [2.45, 2.75) is 32.4 Å². The molecule has 0 aromatic rings. The van der Waals surface area contributed by atoms with Crippen LogP contribution in [0.25, 0.3) is 0 Å². The van der Waals surface area contributed by atoms with Crippen molar-refractivity contribution in [2.24, 2.45) is 11.7 Å². The zero-order chi connectivity index (χ0) is 8.97. The lowest BCUT2D eigenvalue weighted by molar-refractivity contribution is 0.0257. The minimum absolute atomic E-state index is 0.118. The molecule has 3 nitrogen and oxygen atoms in total. The first-order valence-corrected chi connectivity index (χ1v) is 4.65. The molecule has 0 aromatic carbocycles. The zero-order valence-electron chi connectivity index (χ0n) is 7.95. The highest BCUT2D eigenvalue weighted by Gasteiger charge is 2.17. The lowest BCUT2D eigenvalue weighted by Crippen LogP contribution is -2.32. The predicted molar refractivity (Wildman–Crippen MR) is 48.0 cm³/mol. The smallest absolute Gasteiger partial charge is 0.0695 e. The molecule has 0 aromatic heterocycles. The second-order valence-corrected chi connectivity index (χ2v) is 3.63. The molecule has 12 heavy (non-hydrogen) atoms. The first kappa shape index (κ1) is 9.96. The quantitative estimate of drug-likeness (QED) is 0.683. The number of nitrogens with two attached hydrogens (primary N) is 1. The van der Waals surface area contributed by atoms with Crippen molar-refractivity contribution < 1.29 is 9.47 Å². The zero-order valence-corrected chi connectivity index (χ0v) is 7.95. The Balaban J connectivity index is 2.07. The highest BCUT2D eigenvalue weighted by Crippen LogP contribution is 2.13. The van der Waals surface area contributed by atoms with Crippen LogP contribution in [0.4, 0.5) is 0 Å². The third kappa shape index (κ3) is 3.09. The average Bonchev–Trinajstić information content (AvgIpc) is 2.51. The molecular weight excluding hydrogens is 154 g/mol. The molecule has 0 saturated carbocycles. The standard InChI is InChI=1S/C9H19NO2/c1-7(10)8(2)12-6-9-3-4-11-5-9/h7-9H,3-6,10H2,1-2H3. The number of ether oxygens (including phenoxy) is 2. The summed E-state index contributed by atoms with van der Waals surface area (Å²) < 4.78 is 10.8. The lowest BCUT2D eigenvalue weighted by Gasteiger charge is -2.18. The Morgan fingerprint density at radius 2 is 2.33 bits per heavy atom. The fourth-order valence-electron chi connectivity index (χ4n) is 1.15. The molecule has 1 rings (SSSR count). The molecule has 0 aliphatic carbocycles. The van der Waals surface area contributed by atoms with Crippen LogP contribution in [0.15, 0.2) is 0 Å². The lowest BCUT2D eigenvalue weighted by atomic mass is 10.1. The predicted octanol–water partition coefficient (Wildman–Crippen LogP) is 0.775. The molecule has 72 valence electrons. The summed E-state index contributed by atoms with van der Waals surface area (Å²) in [4.78, 5) is 0. The van der Waals surface area contributed by atoms with Gasteiger partial charge < -0.3 is 15.2 Å². The number of hydrogen-bond acceptors (Lipinski definition) is 3. The monoisotopic (exact) mass is 173 g/mol. The Morgan fingerprint density at radius 1 is 1.58 bits per heavy atom. The maximum absolute atomic E-state index is 5.66. The topological polar surface area (TPSA) is 44.5 Å². The van der Waals surface area contributed by atoms with Gasteiger partial charge >= 0.3 is 0 Å². The molecule has 1 saturated heterocycles. The van der Waals surface area contributed by atoms with Crippen LogP contribution < -0.4 is 5.73 Å². The van der Waals surface area contributed by atoms with E-state index in [1.54, 1.807) is 0 Å². The SMILES string of the molecule is CC(N)C(C)OCC1CCOC1. The van der Waals surface area contributed by atoms with E-state index in [0.717, 1.165) is 26.2 Å². The minimum atomic E-state index is 0.118. The van der Waals surface area contributed by atoms with Crippen LogP contribution in [0.2, 0.25) is 0 Å². The van der Waals surface area contributed by atoms with E-state index in [2.05, 4.69) is 0 Å². The van der Waals surface area contributed by atoms with Crippen LogP contribution in [-0.4, -0.2) is 32.0 Å². The third-order valence-corrected chi connectivity index (χ3v) is 2.36. The van der Waals surface area contributed by atoms with E-state index in [0.29, 0.717) is 5.92 Å². The van der Waals surface area contributed by atoms with Gasteiger partial charge in [0.25, 0.3) is 0 Å². The summed E-state index contributed by atoms with van der Waals surface area (Å²) >= 11 is 0. The van der Waals surface area contributed by atoms with E-state index in [1.807, 2.05) is 13.8 Å². The van der Waals surface area contributed by atoms with Gasteiger partial charge in [-0.25, -0.2) is 0 Å². The van der Waals surface area contributed by atoms with Crippen molar-refractivity contribution in [3.05, 3.63) is 0 Å². The second-order valence-electron chi connectivity index (χ2n) is 3.63. The highest BCUT2D eigenvalue weighted by molar-refractivity contribution is 4.67. The minimum Gasteiger partial charge on any atom is -0.381 e. The maximum Gasteiger partial charge on any atom is 0.0695 e. The Labute approximate surface area is 74.2 Å². The summed E-state index contributed by atoms with van der Waals surface area (Å²) in [5.74, 6) is 0.589. The molecule has 1 fully saturated rings. The molecule has 3 heteroatoms. The van der Waals surface area contributed by atoms with Gasteiger partial charge in [-0.05, 0) is 20.3 Å². The van der Waals surface area contributed by atoms with Gasteiger partial charge in [0.05, 0.1) is 19.3 Å². The maximum atomic E-state index is 5.66. The van der Waals surface area contributed by atoms with Crippen LogP contribution in [0, 0.1) is 5.92 Å². The van der Waals surface area contributed by atoms with E-state index < -0.39 is 0 Å². The molecule has 1 heterocycles. The summed E-state index contributed by atoms with van der Waals surface area (Å²) in [7, 11) is 0. The number of rotatable bonds is 4. The Hall–Kier alpha value is -0.120. The molecule has 0 amide bonds. The normalized spacial score (nSPS) is 28.8. The summed E-state index contributed by atoms with van der Waals surface area (Å²) in [6.07, 6.45) is 1.29. The molecular formula is C9H19NO2. The summed E-state index contributed by atoms with van der Waals surface area (Å²) in [6.45, 7) is 6.52. The van der Waals surface area contributed by atoms with Gasteiger partial charge in [-0.15, -0.1) is 0 Å². The second kappa shape index (κ2) is 4.80. The van der Waals surface area contributed by atoms with Crippen LogP contribution in [-0.2, 0) is 9.47 Å². The number of hydrogen-bond donors (Lipinski definition) is 1. The van der Waals surface area contributed by atoms with Crippen LogP contribution in [0.5, 0.6) is 0 Å². The van der Waals surface area contributed by atoms with Crippen molar-refractivity contribution in [3.8, 4) is 0 Å². The Morgan fingerprint density at radius 3 is 2.83 bits per heavy atom. The summed E-state index contributed by atoms with van der Waals surface area (Å²) in [6, 6.07) is 0.118. The Bertz CT molecular complexity index is 120. The largest absolute Gasteiger partial charge is 0.381 e. The van der Waals surface area contributed by atoms with E-state index in [-0.39, 0.29) is 12.1 Å². The molecule has 3 atom stereocenters. The van der Waals surface area contributed by atoms with Crippen LogP contribution in [0.1, 0.15) is 20.3 Å². The van der Waals surface area contributed by atoms with Gasteiger partial charge in [0.1, 0.15) is 0 Å². The van der Waals surface area contributed by atoms with E-state index in [4.69, 9.17) is 15.2 Å². The Kier molecular flexibility index (Phi) is 3.98. The van der Waals surface area contributed by atoms with Crippen molar-refractivity contribution in [2.75, 3.05) is 19.8 Å². The van der Waals surface area contributed by atoms with Gasteiger partial charge in [0.2, 0.25) is 0 Å². The highest BCUT2D eigenvalue weighted by atomic mass is 16.5. The van der Waals surface area contributed by atoms with Gasteiger partial charge in [0, 0.05) is 18.6 Å². The van der Waals surface area contributed by atoms with Gasteiger partial charge in [-0.1, -0.05) is 0 Å². The first-order valence-electron chi connectivity index (χ1n) is 4.65. The van der Waals surface area contributed by atoms with E-state index in [1.165, 1.54) is 0 Å². The van der Waals surface area contributed by atoms with Crippen molar-refractivity contribution in [1.82, 2.24) is 0 Å². The average molecular weight is 173 g/mol. The molecule has 0 radical (unpaired) electrons. The molecule has 0 bridgehead atoms. The molecule has 3 unspecified atom stereocenters. The van der Waals surface area contributed by atoms with Gasteiger partial charge in [-0.2, -0.15) is 0 Å². The van der Waals surface area contributed by atoms with Crippen molar-refractivity contribution in [1.29, 1.82) is 0 Å². The van der Waals surface area contributed by atoms with Gasteiger partial charge in [0.15, 0.2) is 0 Å². The third-order valence-electron chi connectivity index (χ3n) is 2.36. The fraction of sp³-hybridized carbons (Fsp3) is 1.00. The summed E-state index contributed by atoms with van der Waals surface area (Å²) in [5.41, 5.74) is 5.66. The molecule has 1 aliphatic rings. The van der Waals surface area contributed by atoms with Crippen LogP contribution in [0.3, 0.4) is 0 Å². The first-order chi connectivity index (χ1) is 5.70. The van der Waals surface area contributed by atoms with Crippen LogP contribution >= 0.6 is 0 Å². The fourth-order valence-corrected chi connectivity index (χ4v) is 1.15. The summed E-state index contributed by atoms with van der Waals surface area (Å²) in [5, 5.41) is 0. The van der Waals surface area contributed by atoms with Crippen molar-refractivity contribution in [3.63, 3.8) is 0 Å². The van der Waals surface area contributed by atoms with E-state index in [9.17, 15) is 0 Å². The molecule has 0 spiro atoms. The van der Waals surface area contributed by atoms with Crippen molar-refractivity contribution >= 4 is 0 Å². The molecule has 1 aliphatic heterocycles. The van der Waals surface area contributed by atoms with Gasteiger partial charge in [-0.3, -0.25) is 0 Å².